The molecule has 0 aliphatic carbocycles. The smallest absolute Gasteiger partial charge is 0.480 e. The van der Waals surface area contributed by atoms with Gasteiger partial charge in [-0.25, -0.2) is 14.4 Å². The lowest BCUT2D eigenvalue weighted by molar-refractivity contribution is -0.193. The molecule has 1 unspecified atom stereocenters. The molecule has 1 saturated heterocycles. The third kappa shape index (κ3) is 26.6. The van der Waals surface area contributed by atoms with Gasteiger partial charge in [0.25, 0.3) is 0 Å². The van der Waals surface area contributed by atoms with Gasteiger partial charge in [0.15, 0.2) is 0 Å². The molecule has 1 aliphatic rings. The van der Waals surface area contributed by atoms with Crippen LogP contribution in [0.5, 0.6) is 0 Å². The minimum absolute atomic E-state index is 0.00250. The average molecular weight is 943 g/mol. The second-order valence-corrected chi connectivity index (χ2v) is 13.3. The zero-order chi connectivity index (χ0) is 49.6. The van der Waals surface area contributed by atoms with Gasteiger partial charge >= 0.3 is 48.6 Å². The van der Waals surface area contributed by atoms with E-state index in [4.69, 9.17) is 46.9 Å². The van der Waals surface area contributed by atoms with Gasteiger partial charge in [0.1, 0.15) is 17.6 Å². The SMILES string of the molecule is NCCCC[C@@H](NC(=O)C(CCCCC(F)(F)F)NC(=O)[C@H](N)Cc1ccccc1)C(=O)N1CCC(N)(C(=O)O)CC1.O=C(O)C(F)(F)F.O=C(O)C(F)(F)F.O=C(O)C(F)(F)F. The number of alkyl halides is 12. The second-order valence-electron chi connectivity index (χ2n) is 13.3. The molecule has 3 amide bonds. The number of aliphatic carboxylic acids is 4. The van der Waals surface area contributed by atoms with Gasteiger partial charge in [-0.3, -0.25) is 19.2 Å². The van der Waals surface area contributed by atoms with E-state index in [0.29, 0.717) is 19.4 Å². The number of nitrogens with two attached hydrogens (primary N) is 3. The number of piperidine rings is 1. The quantitative estimate of drug-likeness (QED) is 0.0851. The van der Waals surface area contributed by atoms with E-state index in [1.54, 1.807) is 24.3 Å². The Kier molecular flexibility index (Phi) is 25.5. The highest BCUT2D eigenvalue weighted by Crippen LogP contribution is 2.24. The first-order valence-corrected chi connectivity index (χ1v) is 18.0. The molecule has 12 N–H and O–H groups in total. The third-order valence-corrected chi connectivity index (χ3v) is 8.15. The zero-order valence-electron chi connectivity index (χ0n) is 32.7. The van der Waals surface area contributed by atoms with Crippen molar-refractivity contribution < 1.29 is 107 Å². The molecule has 1 aromatic rings. The fourth-order valence-corrected chi connectivity index (χ4v) is 4.77. The molecule has 1 aromatic carbocycles. The van der Waals surface area contributed by atoms with Gasteiger partial charge < -0.3 is 53.2 Å². The number of carboxylic acids is 4. The molecular formula is C34H46F12N6O11. The van der Waals surface area contributed by atoms with Gasteiger partial charge in [0, 0.05) is 19.5 Å². The number of nitrogens with zero attached hydrogens (tertiary/aromatic N) is 1. The molecule has 63 heavy (non-hydrogen) atoms. The van der Waals surface area contributed by atoms with Crippen molar-refractivity contribution in [2.24, 2.45) is 17.2 Å². The van der Waals surface area contributed by atoms with Crippen LogP contribution in [-0.2, 0) is 40.0 Å². The predicted molar refractivity (Wildman–Crippen MR) is 191 cm³/mol. The number of carbonyl (C=O) groups is 7. The monoisotopic (exact) mass is 942 g/mol. The fourth-order valence-electron chi connectivity index (χ4n) is 4.77. The Labute approximate surface area is 349 Å². The highest BCUT2D eigenvalue weighted by molar-refractivity contribution is 5.93. The number of benzene rings is 1. The summed E-state index contributed by atoms with van der Waals surface area (Å²) < 4.78 is 133. The van der Waals surface area contributed by atoms with Crippen LogP contribution in [0.2, 0.25) is 0 Å². The summed E-state index contributed by atoms with van der Waals surface area (Å²) in [6, 6.07) is 5.72. The predicted octanol–water partition coefficient (Wildman–Crippen LogP) is 3.08. The van der Waals surface area contributed by atoms with Crippen molar-refractivity contribution in [1.82, 2.24) is 15.5 Å². The summed E-state index contributed by atoms with van der Waals surface area (Å²) in [6.07, 6.45) is -19.4. The molecule has 17 nitrogen and oxygen atoms in total. The second kappa shape index (κ2) is 26.9. The molecule has 0 spiro atoms. The molecule has 3 atom stereocenters. The van der Waals surface area contributed by atoms with Gasteiger partial charge in [-0.15, -0.1) is 0 Å². The van der Waals surface area contributed by atoms with E-state index in [1.807, 2.05) is 6.07 Å². The topological polar surface area (TPSA) is 306 Å². The van der Waals surface area contributed by atoms with E-state index < -0.39 is 96.4 Å². The summed E-state index contributed by atoms with van der Waals surface area (Å²) in [5.41, 5.74) is 16.9. The number of carbonyl (C=O) groups excluding carboxylic acids is 3. The molecule has 362 valence electrons. The molecule has 2 rings (SSSR count). The summed E-state index contributed by atoms with van der Waals surface area (Å²) in [7, 11) is 0. The lowest BCUT2D eigenvalue weighted by Crippen LogP contribution is -2.60. The van der Waals surface area contributed by atoms with Gasteiger partial charge in [-0.1, -0.05) is 36.8 Å². The Balaban J connectivity index is 0. The molecule has 1 fully saturated rings. The van der Waals surface area contributed by atoms with Crippen LogP contribution in [0.25, 0.3) is 0 Å². The fraction of sp³-hybridized carbons (Fsp3) is 0.618. The number of rotatable bonds is 16. The summed E-state index contributed by atoms with van der Waals surface area (Å²) in [6.45, 7) is 0.526. The number of hydrogen-bond donors (Lipinski definition) is 9. The highest BCUT2D eigenvalue weighted by Gasteiger charge is 2.41. The number of halogens is 12. The van der Waals surface area contributed by atoms with Crippen molar-refractivity contribution >= 4 is 41.6 Å². The number of likely N-dealkylation sites (tertiary alicyclic amines) is 1. The molecule has 0 saturated carbocycles. The zero-order valence-corrected chi connectivity index (χ0v) is 32.7. The van der Waals surface area contributed by atoms with Gasteiger partial charge in [-0.2, -0.15) is 52.7 Å². The maximum Gasteiger partial charge on any atom is 0.490 e. The lowest BCUT2D eigenvalue weighted by Gasteiger charge is -2.38. The van der Waals surface area contributed by atoms with E-state index in [-0.39, 0.29) is 58.0 Å². The molecule has 29 heteroatoms. The molecule has 0 bridgehead atoms. The van der Waals surface area contributed by atoms with Crippen LogP contribution in [0.15, 0.2) is 30.3 Å². The van der Waals surface area contributed by atoms with E-state index in [9.17, 15) is 77.0 Å². The first kappa shape index (κ1) is 59.6. The summed E-state index contributed by atoms with van der Waals surface area (Å²) >= 11 is 0. The normalized spacial score (nSPS) is 15.2. The molecular weight excluding hydrogens is 896 g/mol. The standard InChI is InChI=1S/C28H43F3N6O5.3C2HF3O2/c29-28(30,31)12-6-4-10-21(35-23(38)20(33)18-19-8-2-1-3-9-19)24(39)36-22(11-5-7-15-32)25(40)37-16-13-27(34,14-17-37)26(41)42;3*3-2(4,5)1(6)7/h1-3,8-9,20-22H,4-7,10-18,32-34H2,(H,35,38)(H,36,39)(H,41,42);3*(H,6,7)/t20-,21?,22-;;;/m1.../s1. The first-order chi connectivity index (χ1) is 28.6. The van der Waals surface area contributed by atoms with E-state index in [0.717, 1.165) is 5.56 Å². The van der Waals surface area contributed by atoms with Gasteiger partial charge in [-0.05, 0) is 63.5 Å². The Hall–Kier alpha value is -5.45. The van der Waals surface area contributed by atoms with Crippen molar-refractivity contribution in [2.75, 3.05) is 19.6 Å². The van der Waals surface area contributed by atoms with Crippen molar-refractivity contribution in [3.05, 3.63) is 35.9 Å². The van der Waals surface area contributed by atoms with E-state index in [2.05, 4.69) is 10.6 Å². The average Bonchev–Trinajstić information content (AvgIpc) is 3.15. The maximum absolute atomic E-state index is 13.4. The molecule has 1 heterocycles. The number of amides is 3. The van der Waals surface area contributed by atoms with Crippen LogP contribution in [0, 0.1) is 0 Å². The number of hydrogen-bond acceptors (Lipinski definition) is 10. The number of unbranched alkanes of at least 4 members (excludes halogenated alkanes) is 2. The van der Waals surface area contributed by atoms with Crippen LogP contribution >= 0.6 is 0 Å². The van der Waals surface area contributed by atoms with Crippen LogP contribution in [0.4, 0.5) is 52.7 Å². The van der Waals surface area contributed by atoms with E-state index >= 15 is 0 Å². The summed E-state index contributed by atoms with van der Waals surface area (Å²) in [5.74, 6) is -11.2. The van der Waals surface area contributed by atoms with Gasteiger partial charge in [0.05, 0.1) is 6.04 Å². The van der Waals surface area contributed by atoms with E-state index in [1.165, 1.54) is 4.90 Å². The summed E-state index contributed by atoms with van der Waals surface area (Å²) in [5, 5.41) is 36.0. The van der Waals surface area contributed by atoms with Crippen molar-refractivity contribution in [1.29, 1.82) is 0 Å². The largest absolute Gasteiger partial charge is 0.490 e. The Morgan fingerprint density at radius 2 is 1.05 bits per heavy atom. The Bertz CT molecular complexity index is 1570. The lowest BCUT2D eigenvalue weighted by atomic mass is 9.88. The molecule has 1 aliphatic heterocycles. The molecule has 0 aromatic heterocycles. The van der Waals surface area contributed by atoms with Crippen LogP contribution in [0.1, 0.15) is 63.4 Å². The number of carboxylic acid groups (broad SMARTS) is 4. The third-order valence-electron chi connectivity index (χ3n) is 8.15. The first-order valence-electron chi connectivity index (χ1n) is 18.0. The van der Waals surface area contributed by atoms with Crippen molar-refractivity contribution in [2.45, 2.75) is 113 Å². The van der Waals surface area contributed by atoms with Crippen LogP contribution in [0.3, 0.4) is 0 Å². The number of nitrogens with one attached hydrogen (secondary N) is 2. The minimum atomic E-state index is -5.08. The Morgan fingerprint density at radius 3 is 1.43 bits per heavy atom. The highest BCUT2D eigenvalue weighted by atomic mass is 19.4. The van der Waals surface area contributed by atoms with Crippen LogP contribution < -0.4 is 27.8 Å². The van der Waals surface area contributed by atoms with Gasteiger partial charge in [0.2, 0.25) is 17.7 Å². The molecule has 0 radical (unpaired) electrons. The minimum Gasteiger partial charge on any atom is -0.480 e. The van der Waals surface area contributed by atoms with Crippen molar-refractivity contribution in [3.8, 4) is 0 Å². The van der Waals surface area contributed by atoms with Crippen molar-refractivity contribution in [3.63, 3.8) is 0 Å². The van der Waals surface area contributed by atoms with Crippen LogP contribution in [-0.4, -0.2) is 135 Å². The maximum atomic E-state index is 13.4. The summed E-state index contributed by atoms with van der Waals surface area (Å²) in [4.78, 5) is 79.3. The Morgan fingerprint density at radius 1 is 0.651 bits per heavy atom.